The lowest BCUT2D eigenvalue weighted by Crippen LogP contribution is -2.22. The van der Waals surface area contributed by atoms with Crippen LogP contribution in [0.1, 0.15) is 13.8 Å². The van der Waals surface area contributed by atoms with Crippen LogP contribution < -0.4 is 5.32 Å². The molecule has 0 aliphatic heterocycles. The van der Waals surface area contributed by atoms with Crippen LogP contribution in [-0.4, -0.2) is 34.0 Å². The topological polar surface area (TPSA) is 52.0 Å². The molecule has 2 heterocycles. The molecule has 1 unspecified atom stereocenters. The van der Waals surface area contributed by atoms with Crippen LogP contribution in [0.2, 0.25) is 0 Å². The Balaban J connectivity index is 2.13. The first kappa shape index (κ1) is 12.6. The zero-order chi connectivity index (χ0) is 12.8. The van der Waals surface area contributed by atoms with Gasteiger partial charge in [0.2, 0.25) is 0 Å². The molecule has 2 aromatic heterocycles. The lowest BCUT2D eigenvalue weighted by atomic mass is 10.3. The fourth-order valence-electron chi connectivity index (χ4n) is 1.69. The van der Waals surface area contributed by atoms with Crippen molar-refractivity contribution in [2.24, 2.45) is 0 Å². The summed E-state index contributed by atoms with van der Waals surface area (Å²) in [6.07, 6.45) is 5.37. The van der Waals surface area contributed by atoms with Crippen LogP contribution in [-0.2, 0) is 4.74 Å². The van der Waals surface area contributed by atoms with E-state index in [0.717, 1.165) is 18.1 Å². The second kappa shape index (κ2) is 6.16. The first-order chi connectivity index (χ1) is 8.81. The number of anilines is 1. The highest BCUT2D eigenvalue weighted by Gasteiger charge is 2.08. The number of nitrogens with one attached hydrogen (secondary N) is 1. The van der Waals surface area contributed by atoms with Gasteiger partial charge in [0, 0.05) is 31.2 Å². The number of ether oxygens (including phenoxy) is 1. The lowest BCUT2D eigenvalue weighted by molar-refractivity contribution is 0.141. The van der Waals surface area contributed by atoms with Gasteiger partial charge in [-0.15, -0.1) is 0 Å². The van der Waals surface area contributed by atoms with Gasteiger partial charge in [0.1, 0.15) is 0 Å². The van der Waals surface area contributed by atoms with Crippen molar-refractivity contribution in [3.63, 3.8) is 0 Å². The third-order valence-electron chi connectivity index (χ3n) is 2.48. The first-order valence-corrected chi connectivity index (χ1v) is 6.10. The third-order valence-corrected chi connectivity index (χ3v) is 2.48. The summed E-state index contributed by atoms with van der Waals surface area (Å²) in [6.45, 7) is 5.47. The Morgan fingerprint density at radius 1 is 1.39 bits per heavy atom. The monoisotopic (exact) mass is 246 g/mol. The summed E-state index contributed by atoms with van der Waals surface area (Å²) in [5.41, 5.74) is 0.952. The van der Waals surface area contributed by atoms with Crippen LogP contribution >= 0.6 is 0 Å². The SMILES string of the molecule is CCOCC(C)Nc1cccnc1-n1cccn1. The number of rotatable bonds is 6. The van der Waals surface area contributed by atoms with E-state index in [-0.39, 0.29) is 6.04 Å². The molecule has 0 spiro atoms. The van der Waals surface area contributed by atoms with Gasteiger partial charge in [-0.1, -0.05) is 0 Å². The minimum atomic E-state index is 0.225. The molecule has 5 nitrogen and oxygen atoms in total. The molecule has 18 heavy (non-hydrogen) atoms. The van der Waals surface area contributed by atoms with Gasteiger partial charge < -0.3 is 10.1 Å². The zero-order valence-corrected chi connectivity index (χ0v) is 10.7. The van der Waals surface area contributed by atoms with E-state index in [9.17, 15) is 0 Å². The summed E-state index contributed by atoms with van der Waals surface area (Å²) in [5.74, 6) is 0.797. The zero-order valence-electron chi connectivity index (χ0n) is 10.7. The minimum Gasteiger partial charge on any atom is -0.380 e. The maximum absolute atomic E-state index is 5.39. The van der Waals surface area contributed by atoms with Crippen molar-refractivity contribution in [3.8, 4) is 5.82 Å². The summed E-state index contributed by atoms with van der Waals surface area (Å²) in [4.78, 5) is 4.35. The summed E-state index contributed by atoms with van der Waals surface area (Å²) < 4.78 is 7.14. The quantitative estimate of drug-likeness (QED) is 0.848. The predicted molar refractivity (Wildman–Crippen MR) is 70.9 cm³/mol. The van der Waals surface area contributed by atoms with E-state index >= 15 is 0 Å². The van der Waals surface area contributed by atoms with Crippen LogP contribution in [0.15, 0.2) is 36.8 Å². The smallest absolute Gasteiger partial charge is 0.176 e. The molecule has 1 N–H and O–H groups in total. The number of pyridine rings is 1. The van der Waals surface area contributed by atoms with Crippen LogP contribution in [0.3, 0.4) is 0 Å². The lowest BCUT2D eigenvalue weighted by Gasteiger charge is -2.17. The molecule has 0 amide bonds. The Hall–Kier alpha value is -1.88. The molecule has 0 radical (unpaired) electrons. The first-order valence-electron chi connectivity index (χ1n) is 6.10. The van der Waals surface area contributed by atoms with Gasteiger partial charge >= 0.3 is 0 Å². The van der Waals surface area contributed by atoms with Gasteiger partial charge in [-0.25, -0.2) is 9.67 Å². The van der Waals surface area contributed by atoms with Crippen LogP contribution in [0.4, 0.5) is 5.69 Å². The third kappa shape index (κ3) is 3.07. The van der Waals surface area contributed by atoms with E-state index in [2.05, 4.69) is 22.3 Å². The molecule has 1 atom stereocenters. The highest BCUT2D eigenvalue weighted by atomic mass is 16.5. The van der Waals surface area contributed by atoms with Gasteiger partial charge in [-0.2, -0.15) is 5.10 Å². The van der Waals surface area contributed by atoms with Gasteiger partial charge in [0.15, 0.2) is 5.82 Å². The van der Waals surface area contributed by atoms with Crippen molar-refractivity contribution in [3.05, 3.63) is 36.8 Å². The standard InChI is InChI=1S/C13H18N4O/c1-3-18-10-11(2)16-12-6-4-7-14-13(12)17-9-5-8-15-17/h4-9,11,16H,3,10H2,1-2H3. The summed E-state index contributed by atoms with van der Waals surface area (Å²) in [5, 5.41) is 7.58. The highest BCUT2D eigenvalue weighted by Crippen LogP contribution is 2.17. The molecule has 96 valence electrons. The van der Waals surface area contributed by atoms with Crippen LogP contribution in [0.5, 0.6) is 0 Å². The van der Waals surface area contributed by atoms with E-state index in [4.69, 9.17) is 4.74 Å². The molecule has 0 aliphatic rings. The average molecular weight is 246 g/mol. The van der Waals surface area contributed by atoms with E-state index in [0.29, 0.717) is 6.61 Å². The molecule has 0 fully saturated rings. The van der Waals surface area contributed by atoms with Crippen LogP contribution in [0, 0.1) is 0 Å². The fourth-order valence-corrected chi connectivity index (χ4v) is 1.69. The van der Waals surface area contributed by atoms with Crippen molar-refractivity contribution in [2.75, 3.05) is 18.5 Å². The molecule has 5 heteroatoms. The Labute approximate surface area is 107 Å². The van der Waals surface area contributed by atoms with Gasteiger partial charge in [-0.3, -0.25) is 0 Å². The van der Waals surface area contributed by atoms with Gasteiger partial charge in [0.25, 0.3) is 0 Å². The number of aromatic nitrogens is 3. The van der Waals surface area contributed by atoms with E-state index < -0.39 is 0 Å². The maximum atomic E-state index is 5.39. The Morgan fingerprint density at radius 2 is 2.28 bits per heavy atom. The molecule has 2 aromatic rings. The summed E-state index contributed by atoms with van der Waals surface area (Å²) in [6, 6.07) is 6.00. The molecular weight excluding hydrogens is 228 g/mol. The molecule has 0 saturated heterocycles. The molecule has 0 bridgehead atoms. The molecule has 0 aliphatic carbocycles. The van der Waals surface area contributed by atoms with Crippen molar-refractivity contribution >= 4 is 5.69 Å². The Bertz CT molecular complexity index is 470. The maximum Gasteiger partial charge on any atom is 0.176 e. The van der Waals surface area contributed by atoms with Crippen LogP contribution in [0.25, 0.3) is 5.82 Å². The van der Waals surface area contributed by atoms with Crippen molar-refractivity contribution in [1.29, 1.82) is 0 Å². The molecule has 0 saturated carbocycles. The minimum absolute atomic E-state index is 0.225. The van der Waals surface area contributed by atoms with E-state index in [1.54, 1.807) is 17.1 Å². The number of nitrogens with zero attached hydrogens (tertiary/aromatic N) is 3. The van der Waals surface area contributed by atoms with Gasteiger partial charge in [0.05, 0.1) is 12.3 Å². The van der Waals surface area contributed by atoms with E-state index in [1.807, 2.05) is 31.3 Å². The second-order valence-electron chi connectivity index (χ2n) is 4.03. The molecule has 0 aromatic carbocycles. The molecular formula is C13H18N4O. The Morgan fingerprint density at radius 3 is 3.00 bits per heavy atom. The average Bonchev–Trinajstić information content (AvgIpc) is 2.91. The van der Waals surface area contributed by atoms with Crippen molar-refractivity contribution in [2.45, 2.75) is 19.9 Å². The fraction of sp³-hybridized carbons (Fsp3) is 0.385. The highest BCUT2D eigenvalue weighted by molar-refractivity contribution is 5.56. The van der Waals surface area contributed by atoms with Gasteiger partial charge in [-0.05, 0) is 32.0 Å². The summed E-state index contributed by atoms with van der Waals surface area (Å²) >= 11 is 0. The number of hydrogen-bond acceptors (Lipinski definition) is 4. The number of hydrogen-bond donors (Lipinski definition) is 1. The Kier molecular flexibility index (Phi) is 4.30. The van der Waals surface area contributed by atoms with E-state index in [1.165, 1.54) is 0 Å². The largest absolute Gasteiger partial charge is 0.380 e. The van der Waals surface area contributed by atoms with Crippen molar-refractivity contribution < 1.29 is 4.74 Å². The second-order valence-corrected chi connectivity index (χ2v) is 4.03. The predicted octanol–water partition coefficient (Wildman–Crippen LogP) is 2.10. The normalized spacial score (nSPS) is 12.3. The van der Waals surface area contributed by atoms with Crippen molar-refractivity contribution in [1.82, 2.24) is 14.8 Å². The molecule has 2 rings (SSSR count). The summed E-state index contributed by atoms with van der Waals surface area (Å²) in [7, 11) is 0.